The number of hydrogen-bond donors (Lipinski definition) is 1. The molecule has 1 aromatic heterocycles. The van der Waals surface area contributed by atoms with E-state index in [9.17, 15) is 13.2 Å². The van der Waals surface area contributed by atoms with Crippen molar-refractivity contribution in [3.63, 3.8) is 0 Å². The summed E-state index contributed by atoms with van der Waals surface area (Å²) < 4.78 is 22.6. The predicted octanol–water partition coefficient (Wildman–Crippen LogP) is 2.19. The predicted molar refractivity (Wildman–Crippen MR) is 81.7 cm³/mol. The molecule has 116 valence electrons. The monoisotopic (exact) mass is 328 g/mol. The van der Waals surface area contributed by atoms with Gasteiger partial charge in [-0.3, -0.25) is 4.79 Å². The zero-order valence-electron chi connectivity index (χ0n) is 11.9. The molecular weight excluding hydrogens is 308 g/mol. The second kappa shape index (κ2) is 5.37. The number of carbonyl (C=O) groups excluding carboxylic acids is 1. The molecule has 3 rings (SSSR count). The van der Waals surface area contributed by atoms with Gasteiger partial charge in [0, 0.05) is 18.5 Å². The molecule has 21 heavy (non-hydrogen) atoms. The number of sulfonamides is 1. The first-order valence-corrected chi connectivity index (χ1v) is 9.73. The summed E-state index contributed by atoms with van der Waals surface area (Å²) in [5.41, 5.74) is 0.906. The molecule has 1 spiro atoms. The van der Waals surface area contributed by atoms with Gasteiger partial charge in [0.25, 0.3) is 5.91 Å². The Morgan fingerprint density at radius 1 is 1.19 bits per heavy atom. The maximum atomic E-state index is 12.4. The Morgan fingerprint density at radius 2 is 1.81 bits per heavy atom. The number of primary sulfonamides is 1. The molecule has 7 heteroatoms. The van der Waals surface area contributed by atoms with Gasteiger partial charge in [-0.1, -0.05) is 12.8 Å². The lowest BCUT2D eigenvalue weighted by molar-refractivity contribution is 0.0588. The minimum absolute atomic E-state index is 0.0510. The van der Waals surface area contributed by atoms with Gasteiger partial charge in [0.2, 0.25) is 10.0 Å². The van der Waals surface area contributed by atoms with E-state index in [1.54, 1.807) is 5.38 Å². The molecular formula is C14H20N2O3S2. The number of carbonyl (C=O) groups is 1. The van der Waals surface area contributed by atoms with E-state index in [0.717, 1.165) is 37.3 Å². The summed E-state index contributed by atoms with van der Waals surface area (Å²) in [6.07, 6.45) is 7.37. The van der Waals surface area contributed by atoms with Crippen LogP contribution in [0.25, 0.3) is 0 Å². The van der Waals surface area contributed by atoms with Crippen LogP contribution in [0.15, 0.2) is 15.7 Å². The molecule has 2 fully saturated rings. The number of piperidine rings is 1. The third-order valence-electron chi connectivity index (χ3n) is 4.88. The van der Waals surface area contributed by atoms with E-state index in [0.29, 0.717) is 11.0 Å². The molecule has 1 saturated carbocycles. The van der Waals surface area contributed by atoms with Crippen molar-refractivity contribution in [3.8, 4) is 0 Å². The van der Waals surface area contributed by atoms with Crippen LogP contribution in [0.5, 0.6) is 0 Å². The number of likely N-dealkylation sites (tertiary alicyclic amines) is 1. The molecule has 1 amide bonds. The van der Waals surface area contributed by atoms with Crippen molar-refractivity contribution in [2.24, 2.45) is 10.6 Å². The lowest BCUT2D eigenvalue weighted by Crippen LogP contribution is -2.42. The molecule has 1 saturated heterocycles. The fraction of sp³-hybridized carbons (Fsp3) is 0.643. The van der Waals surface area contributed by atoms with Crippen LogP contribution in [0.3, 0.4) is 0 Å². The van der Waals surface area contributed by atoms with Crippen LogP contribution < -0.4 is 5.14 Å². The Hall–Kier alpha value is -0.920. The Bertz CT molecular complexity index is 635. The Labute approximate surface area is 129 Å². The summed E-state index contributed by atoms with van der Waals surface area (Å²) in [5.74, 6) is -0.0750. The summed E-state index contributed by atoms with van der Waals surface area (Å²) >= 11 is 1.01. The van der Waals surface area contributed by atoms with Crippen molar-refractivity contribution in [1.29, 1.82) is 0 Å². The van der Waals surface area contributed by atoms with E-state index >= 15 is 0 Å². The van der Waals surface area contributed by atoms with Crippen LogP contribution in [0.2, 0.25) is 0 Å². The van der Waals surface area contributed by atoms with Crippen molar-refractivity contribution in [3.05, 3.63) is 17.0 Å². The first-order valence-electron chi connectivity index (χ1n) is 7.30. The maximum Gasteiger partial charge on any atom is 0.254 e. The third-order valence-corrected chi connectivity index (χ3v) is 7.26. The summed E-state index contributed by atoms with van der Waals surface area (Å²) in [5, 5.41) is 6.67. The van der Waals surface area contributed by atoms with Crippen molar-refractivity contribution in [2.45, 2.75) is 42.7 Å². The van der Waals surface area contributed by atoms with Crippen LogP contribution in [-0.2, 0) is 10.0 Å². The van der Waals surface area contributed by atoms with Crippen LogP contribution in [-0.4, -0.2) is 32.3 Å². The fourth-order valence-electron chi connectivity index (χ4n) is 3.57. The Morgan fingerprint density at radius 3 is 2.33 bits per heavy atom. The molecule has 0 bridgehead atoms. The number of hydrogen-bond acceptors (Lipinski definition) is 4. The van der Waals surface area contributed by atoms with Crippen molar-refractivity contribution < 1.29 is 13.2 Å². The van der Waals surface area contributed by atoms with Gasteiger partial charge < -0.3 is 4.90 Å². The lowest BCUT2D eigenvalue weighted by Gasteiger charge is -2.39. The van der Waals surface area contributed by atoms with Gasteiger partial charge in [-0.2, -0.15) is 0 Å². The fourth-order valence-corrected chi connectivity index (χ4v) is 5.15. The lowest BCUT2D eigenvalue weighted by atomic mass is 9.77. The van der Waals surface area contributed by atoms with Gasteiger partial charge in [-0.15, -0.1) is 11.3 Å². The van der Waals surface area contributed by atoms with E-state index in [2.05, 4.69) is 0 Å². The van der Waals surface area contributed by atoms with Crippen molar-refractivity contribution >= 4 is 27.3 Å². The summed E-state index contributed by atoms with van der Waals surface area (Å²) in [7, 11) is -3.72. The largest absolute Gasteiger partial charge is 0.339 e. The van der Waals surface area contributed by atoms with Gasteiger partial charge >= 0.3 is 0 Å². The molecule has 5 nitrogen and oxygen atoms in total. The van der Waals surface area contributed by atoms with Crippen molar-refractivity contribution in [1.82, 2.24) is 4.90 Å². The maximum absolute atomic E-state index is 12.4. The van der Waals surface area contributed by atoms with Gasteiger partial charge in [0.1, 0.15) is 4.21 Å². The van der Waals surface area contributed by atoms with Gasteiger partial charge in [-0.05, 0) is 37.2 Å². The number of amides is 1. The minimum atomic E-state index is -3.72. The average molecular weight is 328 g/mol. The molecule has 0 atom stereocenters. The molecule has 1 aromatic rings. The molecule has 0 unspecified atom stereocenters. The topological polar surface area (TPSA) is 80.5 Å². The zero-order valence-corrected chi connectivity index (χ0v) is 13.5. The molecule has 1 aliphatic heterocycles. The molecule has 0 aromatic carbocycles. The SMILES string of the molecule is NS(=O)(=O)c1cc(C(=O)N2CCC3(CCCC3)CC2)cs1. The number of nitrogens with two attached hydrogens (primary N) is 1. The standard InChI is InChI=1S/C14H20N2O3S2/c15-21(18,19)12-9-11(10-20-12)13(17)16-7-5-14(6-8-16)3-1-2-4-14/h9-10H,1-8H2,(H2,15,18,19). The summed E-state index contributed by atoms with van der Waals surface area (Å²) in [6, 6.07) is 1.39. The minimum Gasteiger partial charge on any atom is -0.339 e. The molecule has 2 N–H and O–H groups in total. The Balaban J connectivity index is 1.68. The highest BCUT2D eigenvalue weighted by Crippen LogP contribution is 2.46. The summed E-state index contributed by atoms with van der Waals surface area (Å²) in [6.45, 7) is 1.55. The van der Waals surface area contributed by atoms with E-state index in [1.165, 1.54) is 31.7 Å². The molecule has 0 radical (unpaired) electrons. The highest BCUT2D eigenvalue weighted by Gasteiger charge is 2.38. The quantitative estimate of drug-likeness (QED) is 0.903. The third kappa shape index (κ3) is 3.00. The molecule has 2 heterocycles. The molecule has 2 aliphatic rings. The highest BCUT2D eigenvalue weighted by atomic mass is 32.2. The second-order valence-corrected chi connectivity index (χ2v) is 8.90. The van der Waals surface area contributed by atoms with E-state index in [-0.39, 0.29) is 10.1 Å². The van der Waals surface area contributed by atoms with E-state index < -0.39 is 10.0 Å². The number of thiophene rings is 1. The van der Waals surface area contributed by atoms with Gasteiger partial charge in [-0.25, -0.2) is 13.6 Å². The Kier molecular flexibility index (Phi) is 3.83. The molecule has 1 aliphatic carbocycles. The van der Waals surface area contributed by atoms with Gasteiger partial charge in [0.15, 0.2) is 0 Å². The van der Waals surface area contributed by atoms with Crippen LogP contribution >= 0.6 is 11.3 Å². The van der Waals surface area contributed by atoms with E-state index in [4.69, 9.17) is 5.14 Å². The highest BCUT2D eigenvalue weighted by molar-refractivity contribution is 7.91. The first kappa shape index (κ1) is 15.0. The second-order valence-electron chi connectivity index (χ2n) is 6.20. The van der Waals surface area contributed by atoms with E-state index in [1.807, 2.05) is 4.90 Å². The van der Waals surface area contributed by atoms with Gasteiger partial charge in [0.05, 0.1) is 5.56 Å². The van der Waals surface area contributed by atoms with Crippen molar-refractivity contribution in [2.75, 3.05) is 13.1 Å². The average Bonchev–Trinajstić information content (AvgIpc) is 3.08. The number of nitrogens with zero attached hydrogens (tertiary/aromatic N) is 1. The summed E-state index contributed by atoms with van der Waals surface area (Å²) in [4.78, 5) is 14.3. The zero-order chi connectivity index (χ0) is 15.1. The first-order chi connectivity index (χ1) is 9.90. The van der Waals surface area contributed by atoms with Crippen LogP contribution in [0.1, 0.15) is 48.9 Å². The van der Waals surface area contributed by atoms with Crippen LogP contribution in [0.4, 0.5) is 0 Å². The normalized spacial score (nSPS) is 21.9. The van der Waals surface area contributed by atoms with Crippen LogP contribution in [0, 0.1) is 5.41 Å². The number of rotatable bonds is 2. The smallest absolute Gasteiger partial charge is 0.254 e.